The van der Waals surface area contributed by atoms with Gasteiger partial charge < -0.3 is 10.1 Å². The molecule has 2 heteroatoms. The molecule has 1 fully saturated rings. The number of nitrogens with one attached hydrogen (secondary N) is 1. The molecule has 0 aromatic heterocycles. The second-order valence-electron chi connectivity index (χ2n) is 7.12. The standard InChI is InChI=1S/C23H31NO/c1-3-25-23(20-13-6-4-7-14-20,21-15-8-5-9-16-21)22(24-2)18-17-19-11-10-12-19/h4-9,13-16,19,22,24H,3,10-12,17-18H2,1-2H3. The van der Waals surface area contributed by atoms with Crippen molar-refractivity contribution in [3.8, 4) is 0 Å². The summed E-state index contributed by atoms with van der Waals surface area (Å²) in [6.45, 7) is 2.78. The SMILES string of the molecule is CCOC(c1ccccc1)(c1ccccc1)C(CCC1CCC1)NC. The molecule has 2 aromatic carbocycles. The van der Waals surface area contributed by atoms with Crippen molar-refractivity contribution in [2.45, 2.75) is 50.7 Å². The Balaban J connectivity index is 2.01. The van der Waals surface area contributed by atoms with Gasteiger partial charge in [0.2, 0.25) is 0 Å². The van der Waals surface area contributed by atoms with E-state index in [1.54, 1.807) is 0 Å². The lowest BCUT2D eigenvalue weighted by Crippen LogP contribution is -2.50. The average Bonchev–Trinajstić information content (AvgIpc) is 2.64. The highest BCUT2D eigenvalue weighted by molar-refractivity contribution is 5.38. The van der Waals surface area contributed by atoms with E-state index >= 15 is 0 Å². The van der Waals surface area contributed by atoms with Crippen LogP contribution in [0.1, 0.15) is 50.2 Å². The summed E-state index contributed by atoms with van der Waals surface area (Å²) >= 11 is 0. The van der Waals surface area contributed by atoms with Crippen molar-refractivity contribution in [2.24, 2.45) is 5.92 Å². The molecule has 1 saturated carbocycles. The van der Waals surface area contributed by atoms with Crippen LogP contribution < -0.4 is 5.32 Å². The van der Waals surface area contributed by atoms with Crippen LogP contribution in [-0.4, -0.2) is 19.7 Å². The van der Waals surface area contributed by atoms with E-state index in [9.17, 15) is 0 Å². The molecule has 3 rings (SSSR count). The van der Waals surface area contributed by atoms with Gasteiger partial charge in [-0.2, -0.15) is 0 Å². The molecular formula is C23H31NO. The third kappa shape index (κ3) is 3.80. The molecule has 1 aliphatic carbocycles. The topological polar surface area (TPSA) is 21.3 Å². The number of benzene rings is 2. The van der Waals surface area contributed by atoms with Gasteiger partial charge in [-0.25, -0.2) is 0 Å². The number of hydrogen-bond acceptors (Lipinski definition) is 2. The first-order valence-electron chi connectivity index (χ1n) is 9.73. The first-order chi connectivity index (χ1) is 12.3. The summed E-state index contributed by atoms with van der Waals surface area (Å²) in [5.74, 6) is 0.904. The van der Waals surface area contributed by atoms with Gasteiger partial charge in [0.1, 0.15) is 5.60 Å². The fourth-order valence-corrected chi connectivity index (χ4v) is 4.17. The Morgan fingerprint density at radius 2 is 1.56 bits per heavy atom. The fraction of sp³-hybridized carbons (Fsp3) is 0.478. The van der Waals surface area contributed by atoms with Gasteiger partial charge in [-0.05, 0) is 43.9 Å². The summed E-state index contributed by atoms with van der Waals surface area (Å²) in [4.78, 5) is 0. The highest BCUT2D eigenvalue weighted by Crippen LogP contribution is 2.40. The zero-order chi connectivity index (χ0) is 17.5. The molecule has 1 aliphatic rings. The van der Waals surface area contributed by atoms with E-state index in [4.69, 9.17) is 4.74 Å². The Labute approximate surface area is 152 Å². The van der Waals surface area contributed by atoms with Gasteiger partial charge in [0.25, 0.3) is 0 Å². The van der Waals surface area contributed by atoms with E-state index in [1.165, 1.54) is 36.8 Å². The van der Waals surface area contributed by atoms with Gasteiger partial charge in [-0.15, -0.1) is 0 Å². The molecule has 0 aliphatic heterocycles. The maximum atomic E-state index is 6.58. The van der Waals surface area contributed by atoms with Crippen molar-refractivity contribution >= 4 is 0 Å². The fourth-order valence-electron chi connectivity index (χ4n) is 4.17. The van der Waals surface area contributed by atoms with Crippen molar-refractivity contribution in [2.75, 3.05) is 13.7 Å². The Kier molecular flexibility index (Phi) is 6.28. The van der Waals surface area contributed by atoms with Gasteiger partial charge in [-0.1, -0.05) is 79.9 Å². The minimum Gasteiger partial charge on any atom is -0.364 e. The minimum absolute atomic E-state index is 0.248. The summed E-state index contributed by atoms with van der Waals surface area (Å²) in [5, 5.41) is 3.60. The third-order valence-corrected chi connectivity index (χ3v) is 5.70. The van der Waals surface area contributed by atoms with Gasteiger partial charge in [-0.3, -0.25) is 0 Å². The Bertz CT molecular complexity index is 582. The van der Waals surface area contributed by atoms with Crippen molar-refractivity contribution in [1.29, 1.82) is 0 Å². The molecule has 0 amide bonds. The lowest BCUT2D eigenvalue weighted by molar-refractivity contribution is -0.0422. The minimum atomic E-state index is -0.449. The van der Waals surface area contributed by atoms with Crippen LogP contribution >= 0.6 is 0 Å². The van der Waals surface area contributed by atoms with Crippen LogP contribution in [0.15, 0.2) is 60.7 Å². The molecule has 25 heavy (non-hydrogen) atoms. The second kappa shape index (κ2) is 8.64. The number of rotatable bonds is 9. The van der Waals surface area contributed by atoms with Crippen LogP contribution in [0.5, 0.6) is 0 Å². The van der Waals surface area contributed by atoms with Crippen LogP contribution in [0, 0.1) is 5.92 Å². The average molecular weight is 338 g/mol. The summed E-state index contributed by atoms with van der Waals surface area (Å²) in [6, 6.07) is 21.7. The van der Waals surface area contributed by atoms with E-state index in [0.717, 1.165) is 12.3 Å². The summed E-state index contributed by atoms with van der Waals surface area (Å²) < 4.78 is 6.58. The Morgan fingerprint density at radius 3 is 1.96 bits per heavy atom. The highest BCUT2D eigenvalue weighted by Gasteiger charge is 2.42. The largest absolute Gasteiger partial charge is 0.364 e. The molecule has 1 unspecified atom stereocenters. The lowest BCUT2D eigenvalue weighted by Gasteiger charge is -2.42. The normalized spacial score (nSPS) is 16.4. The van der Waals surface area contributed by atoms with E-state index in [-0.39, 0.29) is 6.04 Å². The lowest BCUT2D eigenvalue weighted by atomic mass is 9.75. The second-order valence-corrected chi connectivity index (χ2v) is 7.12. The molecule has 2 nitrogen and oxygen atoms in total. The number of hydrogen-bond donors (Lipinski definition) is 1. The van der Waals surface area contributed by atoms with E-state index in [1.807, 2.05) is 0 Å². The monoisotopic (exact) mass is 337 g/mol. The van der Waals surface area contributed by atoms with Gasteiger partial charge in [0.15, 0.2) is 0 Å². The van der Waals surface area contributed by atoms with Crippen LogP contribution in [0.2, 0.25) is 0 Å². The Morgan fingerprint density at radius 1 is 1.00 bits per heavy atom. The smallest absolute Gasteiger partial charge is 0.133 e. The predicted molar refractivity (Wildman–Crippen MR) is 105 cm³/mol. The molecule has 1 atom stereocenters. The van der Waals surface area contributed by atoms with Crippen LogP contribution in [0.3, 0.4) is 0 Å². The third-order valence-electron chi connectivity index (χ3n) is 5.70. The van der Waals surface area contributed by atoms with Crippen molar-refractivity contribution < 1.29 is 4.74 Å². The van der Waals surface area contributed by atoms with E-state index in [2.05, 4.69) is 80.0 Å². The van der Waals surface area contributed by atoms with E-state index < -0.39 is 5.60 Å². The number of likely N-dealkylation sites (N-methyl/N-ethyl adjacent to an activating group) is 1. The summed E-state index contributed by atoms with van der Waals surface area (Å²) in [6.07, 6.45) is 6.61. The maximum absolute atomic E-state index is 6.58. The summed E-state index contributed by atoms with van der Waals surface area (Å²) in [7, 11) is 2.07. The molecule has 1 N–H and O–H groups in total. The first kappa shape index (κ1) is 18.2. The van der Waals surface area contributed by atoms with Gasteiger partial charge >= 0.3 is 0 Å². The maximum Gasteiger partial charge on any atom is 0.133 e. The van der Waals surface area contributed by atoms with Gasteiger partial charge in [0.05, 0.1) is 0 Å². The highest BCUT2D eigenvalue weighted by atomic mass is 16.5. The van der Waals surface area contributed by atoms with Gasteiger partial charge in [0, 0.05) is 12.6 Å². The van der Waals surface area contributed by atoms with Crippen LogP contribution in [0.25, 0.3) is 0 Å². The molecule has 2 aromatic rings. The van der Waals surface area contributed by atoms with Crippen molar-refractivity contribution in [3.05, 3.63) is 71.8 Å². The summed E-state index contributed by atoms with van der Waals surface area (Å²) in [5.41, 5.74) is 2.02. The van der Waals surface area contributed by atoms with Crippen molar-refractivity contribution in [3.63, 3.8) is 0 Å². The predicted octanol–water partition coefficient (Wildman–Crippen LogP) is 5.14. The molecule has 0 spiro atoms. The van der Waals surface area contributed by atoms with E-state index in [0.29, 0.717) is 6.61 Å². The molecular weight excluding hydrogens is 306 g/mol. The van der Waals surface area contributed by atoms with Crippen LogP contribution in [0.4, 0.5) is 0 Å². The molecule has 0 bridgehead atoms. The zero-order valence-electron chi connectivity index (χ0n) is 15.6. The zero-order valence-corrected chi connectivity index (χ0v) is 15.6. The molecule has 0 saturated heterocycles. The molecule has 134 valence electrons. The molecule has 0 radical (unpaired) electrons. The Hall–Kier alpha value is -1.64. The first-order valence-corrected chi connectivity index (χ1v) is 9.73. The number of ether oxygens (including phenoxy) is 1. The van der Waals surface area contributed by atoms with Crippen molar-refractivity contribution in [1.82, 2.24) is 5.32 Å². The molecule has 0 heterocycles. The van der Waals surface area contributed by atoms with Crippen LogP contribution in [-0.2, 0) is 10.3 Å². The quantitative estimate of drug-likeness (QED) is 0.684.